The van der Waals surface area contributed by atoms with E-state index in [2.05, 4.69) is 20.9 Å². The van der Waals surface area contributed by atoms with E-state index in [-0.39, 0.29) is 5.78 Å². The van der Waals surface area contributed by atoms with Gasteiger partial charge in [0.25, 0.3) is 0 Å². The fourth-order valence-electron chi connectivity index (χ4n) is 3.11. The number of ketones is 1. The predicted octanol–water partition coefficient (Wildman–Crippen LogP) is 6.04. The molecule has 0 saturated carbocycles. The zero-order valence-corrected chi connectivity index (χ0v) is 18.0. The third-order valence-corrected chi connectivity index (χ3v) is 5.19. The second kappa shape index (κ2) is 8.55. The van der Waals surface area contributed by atoms with Gasteiger partial charge >= 0.3 is 0 Å². The van der Waals surface area contributed by atoms with Crippen LogP contribution in [0.3, 0.4) is 0 Å². The molecule has 0 bridgehead atoms. The predicted molar refractivity (Wildman–Crippen MR) is 119 cm³/mol. The molecular weight excluding hydrogens is 446 g/mol. The molecular formula is C24H18BrNO4. The maximum atomic E-state index is 12.6. The van der Waals surface area contributed by atoms with Crippen molar-refractivity contribution in [2.75, 3.05) is 14.2 Å². The third kappa shape index (κ3) is 4.00. The minimum Gasteiger partial charge on any atom is -0.493 e. The Morgan fingerprint density at radius 3 is 2.03 bits per heavy atom. The summed E-state index contributed by atoms with van der Waals surface area (Å²) in [4.78, 5) is 17.0. The summed E-state index contributed by atoms with van der Waals surface area (Å²) in [6.07, 6.45) is 1.68. The number of ether oxygens (including phenoxy) is 3. The third-order valence-electron chi connectivity index (χ3n) is 4.66. The number of benzene rings is 3. The molecule has 0 amide bonds. The van der Waals surface area contributed by atoms with Crippen LogP contribution in [0.15, 0.2) is 77.4 Å². The number of hydrogen-bond donors (Lipinski definition) is 0. The normalized spacial score (nSPS) is 10.6. The second-order valence-electron chi connectivity index (χ2n) is 6.50. The molecule has 0 atom stereocenters. The lowest BCUT2D eigenvalue weighted by Crippen LogP contribution is -2.00. The van der Waals surface area contributed by atoms with E-state index < -0.39 is 0 Å². The van der Waals surface area contributed by atoms with Gasteiger partial charge in [0.1, 0.15) is 11.5 Å². The van der Waals surface area contributed by atoms with E-state index in [1.165, 1.54) is 0 Å². The Bertz CT molecular complexity index is 1200. The highest BCUT2D eigenvalue weighted by Gasteiger charge is 2.12. The molecule has 5 nitrogen and oxygen atoms in total. The number of fused-ring (bicyclic) bond motifs is 1. The minimum atomic E-state index is -0.0414. The van der Waals surface area contributed by atoms with Crippen LogP contribution >= 0.6 is 15.9 Å². The molecule has 3 aromatic carbocycles. The van der Waals surface area contributed by atoms with Gasteiger partial charge in [-0.05, 0) is 60.7 Å². The summed E-state index contributed by atoms with van der Waals surface area (Å²) in [5.74, 6) is 2.40. The summed E-state index contributed by atoms with van der Waals surface area (Å²) >= 11 is 3.38. The molecule has 4 aromatic rings. The highest BCUT2D eigenvalue weighted by atomic mass is 79.9. The van der Waals surface area contributed by atoms with Crippen LogP contribution in [-0.4, -0.2) is 25.0 Å². The molecule has 30 heavy (non-hydrogen) atoms. The van der Waals surface area contributed by atoms with Crippen molar-refractivity contribution in [3.63, 3.8) is 0 Å². The van der Waals surface area contributed by atoms with Crippen LogP contribution in [0.1, 0.15) is 15.9 Å². The van der Waals surface area contributed by atoms with E-state index in [1.807, 2.05) is 18.2 Å². The summed E-state index contributed by atoms with van der Waals surface area (Å²) in [6.45, 7) is 0. The standard InChI is InChI=1S/C24H18BrNO4/c1-28-22-13-19-20(14-23(22)29-2)26-12-11-21(19)30-18-9-5-16(6-10-18)24(27)15-3-7-17(25)8-4-15/h3-14H,1-2H3. The molecule has 0 radical (unpaired) electrons. The van der Waals surface area contributed by atoms with Crippen LogP contribution in [-0.2, 0) is 0 Å². The maximum Gasteiger partial charge on any atom is 0.193 e. The average Bonchev–Trinajstić information content (AvgIpc) is 2.79. The molecule has 0 aliphatic heterocycles. The van der Waals surface area contributed by atoms with Crippen molar-refractivity contribution >= 4 is 32.6 Å². The van der Waals surface area contributed by atoms with Gasteiger partial charge in [0.15, 0.2) is 17.3 Å². The first-order valence-corrected chi connectivity index (χ1v) is 9.97. The van der Waals surface area contributed by atoms with Gasteiger partial charge < -0.3 is 14.2 Å². The molecule has 4 rings (SSSR count). The lowest BCUT2D eigenvalue weighted by molar-refractivity contribution is 0.103. The molecule has 0 fully saturated rings. The van der Waals surface area contributed by atoms with E-state index in [0.717, 1.165) is 15.4 Å². The smallest absolute Gasteiger partial charge is 0.193 e. The van der Waals surface area contributed by atoms with Crippen LogP contribution in [0, 0.1) is 0 Å². The number of halogens is 1. The van der Waals surface area contributed by atoms with Gasteiger partial charge in [-0.25, -0.2) is 0 Å². The molecule has 0 spiro atoms. The summed E-state index contributed by atoms with van der Waals surface area (Å²) < 4.78 is 17.7. The van der Waals surface area contributed by atoms with Crippen molar-refractivity contribution < 1.29 is 19.0 Å². The summed E-state index contributed by atoms with van der Waals surface area (Å²) in [6, 6.07) is 19.8. The van der Waals surface area contributed by atoms with E-state index in [1.54, 1.807) is 68.9 Å². The van der Waals surface area contributed by atoms with Gasteiger partial charge in [0.2, 0.25) is 0 Å². The SMILES string of the molecule is COc1cc2nccc(Oc3ccc(C(=O)c4ccc(Br)cc4)cc3)c2cc1OC. The van der Waals surface area contributed by atoms with E-state index in [4.69, 9.17) is 14.2 Å². The number of methoxy groups -OCH3 is 2. The number of nitrogens with zero attached hydrogens (tertiary/aromatic N) is 1. The zero-order chi connectivity index (χ0) is 21.1. The largest absolute Gasteiger partial charge is 0.493 e. The topological polar surface area (TPSA) is 57.7 Å². The first-order valence-electron chi connectivity index (χ1n) is 9.18. The number of carbonyl (C=O) groups excluding carboxylic acids is 1. The molecule has 1 heterocycles. The number of rotatable bonds is 6. The summed E-state index contributed by atoms with van der Waals surface area (Å²) in [5, 5.41) is 0.796. The van der Waals surface area contributed by atoms with E-state index in [9.17, 15) is 4.79 Å². The number of pyridine rings is 1. The Morgan fingerprint density at radius 1 is 0.800 bits per heavy atom. The van der Waals surface area contributed by atoms with Crippen molar-refractivity contribution in [3.05, 3.63) is 88.5 Å². The van der Waals surface area contributed by atoms with Gasteiger partial charge in [-0.2, -0.15) is 0 Å². The first-order chi connectivity index (χ1) is 14.6. The Morgan fingerprint density at radius 2 is 1.40 bits per heavy atom. The molecule has 6 heteroatoms. The van der Waals surface area contributed by atoms with Crippen LogP contribution in [0.2, 0.25) is 0 Å². The van der Waals surface area contributed by atoms with Crippen molar-refractivity contribution in [1.29, 1.82) is 0 Å². The fraction of sp³-hybridized carbons (Fsp3) is 0.0833. The zero-order valence-electron chi connectivity index (χ0n) is 16.4. The Balaban J connectivity index is 1.61. The molecule has 1 aromatic heterocycles. The van der Waals surface area contributed by atoms with Crippen molar-refractivity contribution in [3.8, 4) is 23.0 Å². The maximum absolute atomic E-state index is 12.6. The van der Waals surface area contributed by atoms with Crippen LogP contribution < -0.4 is 14.2 Å². The molecule has 0 aliphatic carbocycles. The molecule has 150 valence electrons. The van der Waals surface area contributed by atoms with Gasteiger partial charge in [0.05, 0.1) is 19.7 Å². The Hall–Kier alpha value is -3.38. The molecule has 0 N–H and O–H groups in total. The highest BCUT2D eigenvalue weighted by molar-refractivity contribution is 9.10. The molecule has 0 saturated heterocycles. The van der Waals surface area contributed by atoms with Crippen molar-refractivity contribution in [2.24, 2.45) is 0 Å². The number of hydrogen-bond acceptors (Lipinski definition) is 5. The van der Waals surface area contributed by atoms with Crippen LogP contribution in [0.4, 0.5) is 0 Å². The number of aromatic nitrogens is 1. The van der Waals surface area contributed by atoms with Gasteiger partial charge in [-0.15, -0.1) is 0 Å². The van der Waals surface area contributed by atoms with Crippen LogP contribution in [0.5, 0.6) is 23.0 Å². The summed E-state index contributed by atoms with van der Waals surface area (Å²) in [7, 11) is 3.17. The minimum absolute atomic E-state index is 0.0414. The lowest BCUT2D eigenvalue weighted by atomic mass is 10.0. The van der Waals surface area contributed by atoms with Crippen molar-refractivity contribution in [2.45, 2.75) is 0 Å². The van der Waals surface area contributed by atoms with Crippen molar-refractivity contribution in [1.82, 2.24) is 4.98 Å². The second-order valence-corrected chi connectivity index (χ2v) is 7.41. The first kappa shape index (κ1) is 19.9. The number of carbonyl (C=O) groups is 1. The monoisotopic (exact) mass is 463 g/mol. The summed E-state index contributed by atoms with van der Waals surface area (Å²) in [5.41, 5.74) is 1.95. The van der Waals surface area contributed by atoms with E-state index in [0.29, 0.717) is 34.1 Å². The van der Waals surface area contributed by atoms with Gasteiger partial charge in [-0.1, -0.05) is 15.9 Å². The van der Waals surface area contributed by atoms with Gasteiger partial charge in [0, 0.05) is 33.2 Å². The molecule has 0 aliphatic rings. The van der Waals surface area contributed by atoms with Crippen LogP contribution in [0.25, 0.3) is 10.9 Å². The lowest BCUT2D eigenvalue weighted by Gasteiger charge is -2.12. The highest BCUT2D eigenvalue weighted by Crippen LogP contribution is 2.36. The Labute approximate surface area is 182 Å². The quantitative estimate of drug-likeness (QED) is 0.326. The average molecular weight is 464 g/mol. The van der Waals surface area contributed by atoms with Gasteiger partial charge in [-0.3, -0.25) is 9.78 Å². The Kier molecular flexibility index (Phi) is 5.68. The van der Waals surface area contributed by atoms with E-state index >= 15 is 0 Å². The fourth-order valence-corrected chi connectivity index (χ4v) is 3.37. The molecule has 0 unspecified atom stereocenters.